The number of carbonyl (C=O) groups is 2. The Morgan fingerprint density at radius 2 is 1.39 bits per heavy atom. The fourth-order valence-electron chi connectivity index (χ4n) is 5.68. The molecule has 4 aliphatic rings. The van der Waals surface area contributed by atoms with Gasteiger partial charge in [-0.1, -0.05) is 27.7 Å². The van der Waals surface area contributed by atoms with E-state index in [1.807, 2.05) is 0 Å². The van der Waals surface area contributed by atoms with Gasteiger partial charge in [-0.3, -0.25) is 4.79 Å². The molecule has 33 heavy (non-hydrogen) atoms. The zero-order chi connectivity index (χ0) is 24.9. The SMILES string of the molecule is CCCOC(=O)C(OCC(F)(F)C(C)(C)C)(OC(=O)C12CC3CC(CC(C3)C1)C2)C(F)(F)F. The molecule has 0 heterocycles. The van der Waals surface area contributed by atoms with Gasteiger partial charge >= 0.3 is 23.9 Å². The van der Waals surface area contributed by atoms with Crippen molar-refractivity contribution in [1.82, 2.24) is 0 Å². The second-order valence-corrected chi connectivity index (χ2v) is 11.1. The van der Waals surface area contributed by atoms with Crippen LogP contribution < -0.4 is 0 Å². The van der Waals surface area contributed by atoms with E-state index in [1.165, 1.54) is 0 Å². The zero-order valence-electron chi connectivity index (χ0n) is 19.5. The van der Waals surface area contributed by atoms with E-state index in [-0.39, 0.29) is 24.2 Å². The number of hydrogen-bond acceptors (Lipinski definition) is 5. The van der Waals surface area contributed by atoms with Crippen LogP contribution in [0.1, 0.15) is 72.6 Å². The van der Waals surface area contributed by atoms with Crippen LogP contribution in [0.15, 0.2) is 0 Å². The molecule has 10 heteroatoms. The fraction of sp³-hybridized carbons (Fsp3) is 0.913. The molecule has 4 saturated carbocycles. The van der Waals surface area contributed by atoms with Crippen molar-refractivity contribution in [3.05, 3.63) is 0 Å². The maximum absolute atomic E-state index is 14.5. The lowest BCUT2D eigenvalue weighted by atomic mass is 9.49. The number of halogens is 5. The second-order valence-electron chi connectivity index (χ2n) is 11.1. The van der Waals surface area contributed by atoms with Gasteiger partial charge in [-0.2, -0.15) is 13.2 Å². The Bertz CT molecular complexity index is 722. The summed E-state index contributed by atoms with van der Waals surface area (Å²) in [6.07, 6.45) is -1.57. The number of alkyl halides is 5. The van der Waals surface area contributed by atoms with Crippen LogP contribution >= 0.6 is 0 Å². The molecule has 4 aliphatic carbocycles. The van der Waals surface area contributed by atoms with Crippen LogP contribution in [-0.4, -0.2) is 43.0 Å². The van der Waals surface area contributed by atoms with Gasteiger partial charge in [0.25, 0.3) is 5.92 Å². The molecule has 0 saturated heterocycles. The molecule has 0 aromatic rings. The first-order valence-corrected chi connectivity index (χ1v) is 11.5. The summed E-state index contributed by atoms with van der Waals surface area (Å²) in [6.45, 7) is 2.75. The summed E-state index contributed by atoms with van der Waals surface area (Å²) in [5, 5.41) is 0. The first kappa shape index (κ1) is 26.2. The monoisotopic (exact) mass is 484 g/mol. The fourth-order valence-corrected chi connectivity index (χ4v) is 5.68. The van der Waals surface area contributed by atoms with Crippen LogP contribution in [0.2, 0.25) is 0 Å². The van der Waals surface area contributed by atoms with Gasteiger partial charge in [-0.15, -0.1) is 0 Å². The molecule has 0 aromatic carbocycles. The quantitative estimate of drug-likeness (QED) is 0.253. The molecule has 0 N–H and O–H groups in total. The second kappa shape index (κ2) is 8.64. The summed E-state index contributed by atoms with van der Waals surface area (Å²) in [7, 11) is 0. The summed E-state index contributed by atoms with van der Waals surface area (Å²) in [6, 6.07) is 0. The Balaban J connectivity index is 1.93. The predicted molar refractivity (Wildman–Crippen MR) is 107 cm³/mol. The molecule has 5 nitrogen and oxygen atoms in total. The highest BCUT2D eigenvalue weighted by molar-refractivity contribution is 5.85. The number of carbonyl (C=O) groups excluding carboxylic acids is 2. The molecule has 0 amide bonds. The molecule has 0 aliphatic heterocycles. The topological polar surface area (TPSA) is 61.8 Å². The summed E-state index contributed by atoms with van der Waals surface area (Å²) in [5.41, 5.74) is -2.92. The first-order chi connectivity index (χ1) is 15.1. The molecule has 0 radical (unpaired) electrons. The summed E-state index contributed by atoms with van der Waals surface area (Å²) >= 11 is 0. The van der Waals surface area contributed by atoms with Crippen molar-refractivity contribution < 1.29 is 45.8 Å². The van der Waals surface area contributed by atoms with Crippen molar-refractivity contribution in [2.45, 2.75) is 90.5 Å². The molecule has 4 rings (SSSR count). The highest BCUT2D eigenvalue weighted by atomic mass is 19.4. The molecule has 4 fully saturated rings. The number of rotatable bonds is 8. The average molecular weight is 485 g/mol. The van der Waals surface area contributed by atoms with Gasteiger partial charge in [0.2, 0.25) is 0 Å². The lowest BCUT2D eigenvalue weighted by Gasteiger charge is -2.55. The van der Waals surface area contributed by atoms with Crippen LogP contribution in [-0.2, 0) is 23.8 Å². The Morgan fingerprint density at radius 3 is 1.79 bits per heavy atom. The maximum atomic E-state index is 14.5. The minimum absolute atomic E-state index is 0.181. The third-order valence-corrected chi connectivity index (χ3v) is 7.34. The number of hydrogen-bond donors (Lipinski definition) is 0. The lowest BCUT2D eigenvalue weighted by Crippen LogP contribution is -2.62. The van der Waals surface area contributed by atoms with Crippen LogP contribution in [0.4, 0.5) is 22.0 Å². The van der Waals surface area contributed by atoms with Crippen molar-refractivity contribution in [1.29, 1.82) is 0 Å². The molecule has 4 bridgehead atoms. The standard InChI is InChI=1S/C23H33F5O5/c1-5-6-31-18(30)22(23(26,27)28,32-13-21(24,25)19(2,3)4)33-17(29)20-10-14-7-15(11-20)9-16(8-14)12-20/h14-16H,5-13H2,1-4H3. The molecule has 0 aromatic heterocycles. The van der Waals surface area contributed by atoms with E-state index in [9.17, 15) is 31.5 Å². The zero-order valence-corrected chi connectivity index (χ0v) is 19.5. The van der Waals surface area contributed by atoms with E-state index in [0.29, 0.717) is 19.3 Å². The van der Waals surface area contributed by atoms with E-state index in [2.05, 4.69) is 9.47 Å². The number of esters is 2. The van der Waals surface area contributed by atoms with Crippen molar-refractivity contribution >= 4 is 11.9 Å². The predicted octanol–water partition coefficient (Wildman–Crippen LogP) is 5.66. The van der Waals surface area contributed by atoms with Gasteiger partial charge in [0.1, 0.15) is 6.61 Å². The van der Waals surface area contributed by atoms with Gasteiger partial charge in [0, 0.05) is 5.41 Å². The van der Waals surface area contributed by atoms with Crippen molar-refractivity contribution in [3.8, 4) is 0 Å². The van der Waals surface area contributed by atoms with E-state index < -0.39 is 53.9 Å². The van der Waals surface area contributed by atoms with Gasteiger partial charge in [0.15, 0.2) is 0 Å². The first-order valence-electron chi connectivity index (χ1n) is 11.5. The van der Waals surface area contributed by atoms with E-state index in [0.717, 1.165) is 40.0 Å². The number of ether oxygens (including phenoxy) is 3. The Kier molecular flexibility index (Phi) is 6.85. The van der Waals surface area contributed by atoms with Gasteiger partial charge in [0.05, 0.1) is 12.0 Å². The smallest absolute Gasteiger partial charge is 0.461 e. The van der Waals surface area contributed by atoms with Crippen LogP contribution in [0, 0.1) is 28.6 Å². The molecule has 1 atom stereocenters. The Hall–Kier alpha value is -1.45. The van der Waals surface area contributed by atoms with E-state index >= 15 is 0 Å². The van der Waals surface area contributed by atoms with Gasteiger partial charge in [-0.05, 0) is 62.7 Å². The molecule has 1 unspecified atom stereocenters. The lowest BCUT2D eigenvalue weighted by molar-refractivity contribution is -0.370. The van der Waals surface area contributed by atoms with Gasteiger partial charge in [-0.25, -0.2) is 13.6 Å². The minimum atomic E-state index is -5.62. The summed E-state index contributed by atoms with van der Waals surface area (Å²) < 4.78 is 86.1. The van der Waals surface area contributed by atoms with Crippen LogP contribution in [0.25, 0.3) is 0 Å². The van der Waals surface area contributed by atoms with Gasteiger partial charge < -0.3 is 14.2 Å². The Labute approximate surface area is 190 Å². The van der Waals surface area contributed by atoms with E-state index in [1.54, 1.807) is 6.92 Å². The third-order valence-electron chi connectivity index (χ3n) is 7.34. The maximum Gasteiger partial charge on any atom is 0.468 e. The molecule has 190 valence electrons. The molecular formula is C23H33F5O5. The summed E-state index contributed by atoms with van der Waals surface area (Å²) in [5.74, 6) is -10.6. The summed E-state index contributed by atoms with van der Waals surface area (Å²) in [4.78, 5) is 25.9. The highest BCUT2D eigenvalue weighted by Crippen LogP contribution is 2.61. The normalized spacial score (nSPS) is 31.2. The van der Waals surface area contributed by atoms with E-state index in [4.69, 9.17) is 4.74 Å². The average Bonchev–Trinajstić information content (AvgIpc) is 2.66. The van der Waals surface area contributed by atoms with Crippen molar-refractivity contribution in [2.75, 3.05) is 13.2 Å². The molecular weight excluding hydrogens is 451 g/mol. The Morgan fingerprint density at radius 1 is 0.909 bits per heavy atom. The van der Waals surface area contributed by atoms with Crippen LogP contribution in [0.5, 0.6) is 0 Å². The molecule has 0 spiro atoms. The minimum Gasteiger partial charge on any atom is -0.461 e. The van der Waals surface area contributed by atoms with Crippen molar-refractivity contribution in [3.63, 3.8) is 0 Å². The highest BCUT2D eigenvalue weighted by Gasteiger charge is 2.70. The van der Waals surface area contributed by atoms with Crippen LogP contribution in [0.3, 0.4) is 0 Å². The largest absolute Gasteiger partial charge is 0.468 e. The third kappa shape index (κ3) is 4.86. The van der Waals surface area contributed by atoms with Crippen molar-refractivity contribution in [2.24, 2.45) is 28.6 Å².